The second-order valence-electron chi connectivity index (χ2n) is 4.14. The highest BCUT2D eigenvalue weighted by molar-refractivity contribution is 5.35. The summed E-state index contributed by atoms with van der Waals surface area (Å²) in [4.78, 5) is 8.78. The lowest BCUT2D eigenvalue weighted by atomic mass is 10.1. The van der Waals surface area contributed by atoms with Crippen molar-refractivity contribution in [1.29, 1.82) is 0 Å². The van der Waals surface area contributed by atoms with Crippen molar-refractivity contribution in [3.63, 3.8) is 0 Å². The number of nitrogens with zero attached hydrogens (tertiary/aromatic N) is 2. The van der Waals surface area contributed by atoms with Crippen LogP contribution in [0.25, 0.3) is 0 Å². The van der Waals surface area contributed by atoms with Crippen LogP contribution in [0.4, 0.5) is 5.82 Å². The van der Waals surface area contributed by atoms with Crippen molar-refractivity contribution >= 4 is 5.82 Å². The predicted molar refractivity (Wildman–Crippen MR) is 64.1 cm³/mol. The molecule has 5 heteroatoms. The standard InChI is InChI=1S/C11H20N4O/c1-7(2)9-6-11(15-12)14-10(13-9)5-8(3)16-4/h6-8H,5,12H2,1-4H3,(H,13,14,15). The number of rotatable bonds is 5. The number of hydrazine groups is 1. The first kappa shape index (κ1) is 12.9. The third kappa shape index (κ3) is 3.43. The molecule has 0 aromatic carbocycles. The summed E-state index contributed by atoms with van der Waals surface area (Å²) in [7, 11) is 1.68. The van der Waals surface area contributed by atoms with E-state index >= 15 is 0 Å². The quantitative estimate of drug-likeness (QED) is 0.585. The molecule has 0 bridgehead atoms. The Labute approximate surface area is 96.4 Å². The van der Waals surface area contributed by atoms with Crippen LogP contribution in [-0.4, -0.2) is 23.2 Å². The van der Waals surface area contributed by atoms with Crippen LogP contribution in [0.15, 0.2) is 6.07 Å². The van der Waals surface area contributed by atoms with Gasteiger partial charge in [-0.1, -0.05) is 13.8 Å². The first-order chi connectivity index (χ1) is 7.56. The normalized spacial score (nSPS) is 12.9. The smallest absolute Gasteiger partial charge is 0.143 e. The van der Waals surface area contributed by atoms with Crippen molar-refractivity contribution in [2.45, 2.75) is 39.2 Å². The van der Waals surface area contributed by atoms with E-state index in [1.165, 1.54) is 0 Å². The first-order valence-electron chi connectivity index (χ1n) is 5.44. The van der Waals surface area contributed by atoms with E-state index in [1.54, 1.807) is 7.11 Å². The molecule has 1 aromatic rings. The number of hydrogen-bond acceptors (Lipinski definition) is 5. The van der Waals surface area contributed by atoms with E-state index in [9.17, 15) is 0 Å². The van der Waals surface area contributed by atoms with E-state index in [1.807, 2.05) is 13.0 Å². The van der Waals surface area contributed by atoms with Crippen molar-refractivity contribution in [1.82, 2.24) is 9.97 Å². The Hall–Kier alpha value is -1.20. The number of nitrogens with one attached hydrogen (secondary N) is 1. The molecule has 0 spiro atoms. The third-order valence-corrected chi connectivity index (χ3v) is 2.40. The number of ether oxygens (including phenoxy) is 1. The van der Waals surface area contributed by atoms with Gasteiger partial charge in [0.2, 0.25) is 0 Å². The van der Waals surface area contributed by atoms with Gasteiger partial charge in [-0.15, -0.1) is 0 Å². The molecule has 1 heterocycles. The summed E-state index contributed by atoms with van der Waals surface area (Å²) in [5, 5.41) is 0. The van der Waals surface area contributed by atoms with Gasteiger partial charge in [-0.2, -0.15) is 0 Å². The van der Waals surface area contributed by atoms with Gasteiger partial charge in [0.25, 0.3) is 0 Å². The zero-order chi connectivity index (χ0) is 12.1. The van der Waals surface area contributed by atoms with Crippen molar-refractivity contribution in [3.8, 4) is 0 Å². The van der Waals surface area contributed by atoms with Gasteiger partial charge < -0.3 is 10.2 Å². The number of hydrogen-bond donors (Lipinski definition) is 2. The number of nitrogen functional groups attached to an aromatic ring is 1. The fourth-order valence-corrected chi connectivity index (χ4v) is 1.32. The van der Waals surface area contributed by atoms with E-state index in [0.29, 0.717) is 18.2 Å². The van der Waals surface area contributed by atoms with E-state index in [2.05, 4.69) is 29.2 Å². The maximum Gasteiger partial charge on any atom is 0.143 e. The molecule has 0 saturated heterocycles. The van der Waals surface area contributed by atoms with Crippen LogP contribution in [0.1, 0.15) is 38.2 Å². The number of anilines is 1. The van der Waals surface area contributed by atoms with Crippen LogP contribution in [0.2, 0.25) is 0 Å². The third-order valence-electron chi connectivity index (χ3n) is 2.40. The lowest BCUT2D eigenvalue weighted by Gasteiger charge is -2.12. The first-order valence-corrected chi connectivity index (χ1v) is 5.44. The van der Waals surface area contributed by atoms with Crippen molar-refractivity contribution in [2.75, 3.05) is 12.5 Å². The van der Waals surface area contributed by atoms with Crippen LogP contribution < -0.4 is 11.3 Å². The number of nitrogens with two attached hydrogens (primary N) is 1. The summed E-state index contributed by atoms with van der Waals surface area (Å²) in [6, 6.07) is 1.87. The van der Waals surface area contributed by atoms with E-state index < -0.39 is 0 Å². The highest BCUT2D eigenvalue weighted by Crippen LogP contribution is 2.15. The Bertz CT molecular complexity index is 341. The highest BCUT2D eigenvalue weighted by atomic mass is 16.5. The summed E-state index contributed by atoms with van der Waals surface area (Å²) in [5.74, 6) is 7.14. The minimum absolute atomic E-state index is 0.105. The second-order valence-corrected chi connectivity index (χ2v) is 4.14. The molecular weight excluding hydrogens is 204 g/mol. The summed E-state index contributed by atoms with van der Waals surface area (Å²) in [6.45, 7) is 6.17. The highest BCUT2D eigenvalue weighted by Gasteiger charge is 2.10. The maximum absolute atomic E-state index is 5.38. The molecule has 0 radical (unpaired) electrons. The van der Waals surface area contributed by atoms with E-state index in [-0.39, 0.29) is 6.10 Å². The van der Waals surface area contributed by atoms with Gasteiger partial charge in [-0.05, 0) is 12.8 Å². The van der Waals surface area contributed by atoms with Gasteiger partial charge in [0.1, 0.15) is 11.6 Å². The molecule has 5 nitrogen and oxygen atoms in total. The van der Waals surface area contributed by atoms with Gasteiger partial charge in [-0.3, -0.25) is 0 Å². The Morgan fingerprint density at radius 2 is 2.06 bits per heavy atom. The largest absolute Gasteiger partial charge is 0.381 e. The SMILES string of the molecule is COC(C)Cc1nc(NN)cc(C(C)C)n1. The molecule has 90 valence electrons. The average Bonchev–Trinajstić information content (AvgIpc) is 2.28. The minimum Gasteiger partial charge on any atom is -0.381 e. The molecule has 0 saturated carbocycles. The molecule has 0 aliphatic heterocycles. The second kappa shape index (κ2) is 5.77. The Morgan fingerprint density at radius 1 is 1.38 bits per heavy atom. The molecular formula is C11H20N4O. The summed E-state index contributed by atoms with van der Waals surface area (Å²) >= 11 is 0. The van der Waals surface area contributed by atoms with Gasteiger partial charge in [0.15, 0.2) is 0 Å². The summed E-state index contributed by atoms with van der Waals surface area (Å²) in [6.07, 6.45) is 0.791. The molecule has 1 rings (SSSR count). The number of methoxy groups -OCH3 is 1. The number of aromatic nitrogens is 2. The van der Waals surface area contributed by atoms with Crippen molar-refractivity contribution in [3.05, 3.63) is 17.6 Å². The monoisotopic (exact) mass is 224 g/mol. The zero-order valence-electron chi connectivity index (χ0n) is 10.3. The van der Waals surface area contributed by atoms with Crippen molar-refractivity contribution in [2.24, 2.45) is 5.84 Å². The summed E-state index contributed by atoms with van der Waals surface area (Å²) in [5.41, 5.74) is 3.55. The zero-order valence-corrected chi connectivity index (χ0v) is 10.3. The minimum atomic E-state index is 0.105. The molecule has 1 aromatic heterocycles. The Morgan fingerprint density at radius 3 is 2.56 bits per heavy atom. The van der Waals surface area contributed by atoms with Crippen LogP contribution in [-0.2, 0) is 11.2 Å². The fourth-order valence-electron chi connectivity index (χ4n) is 1.32. The molecule has 0 amide bonds. The average molecular weight is 224 g/mol. The Kier molecular flexibility index (Phi) is 4.64. The predicted octanol–water partition coefficient (Wildman–Crippen LogP) is 1.46. The van der Waals surface area contributed by atoms with Gasteiger partial charge in [-0.25, -0.2) is 15.8 Å². The molecule has 0 aliphatic carbocycles. The molecule has 3 N–H and O–H groups in total. The van der Waals surface area contributed by atoms with Gasteiger partial charge >= 0.3 is 0 Å². The van der Waals surface area contributed by atoms with E-state index in [4.69, 9.17) is 10.6 Å². The van der Waals surface area contributed by atoms with Crippen LogP contribution in [0.5, 0.6) is 0 Å². The topological polar surface area (TPSA) is 73.1 Å². The fraction of sp³-hybridized carbons (Fsp3) is 0.636. The van der Waals surface area contributed by atoms with Crippen molar-refractivity contribution < 1.29 is 4.74 Å². The van der Waals surface area contributed by atoms with E-state index in [0.717, 1.165) is 11.5 Å². The molecule has 16 heavy (non-hydrogen) atoms. The van der Waals surface area contributed by atoms with Gasteiger partial charge in [0.05, 0.1) is 6.10 Å². The van der Waals surface area contributed by atoms with Gasteiger partial charge in [0, 0.05) is 25.3 Å². The molecule has 1 atom stereocenters. The van der Waals surface area contributed by atoms with Crippen LogP contribution in [0, 0.1) is 0 Å². The summed E-state index contributed by atoms with van der Waals surface area (Å²) < 4.78 is 5.20. The molecule has 1 unspecified atom stereocenters. The molecule has 0 aliphatic rings. The molecule has 0 fully saturated rings. The maximum atomic E-state index is 5.38. The van der Waals surface area contributed by atoms with Crippen LogP contribution >= 0.6 is 0 Å². The Balaban J connectivity index is 2.95. The van der Waals surface area contributed by atoms with Crippen LogP contribution in [0.3, 0.4) is 0 Å². The lowest BCUT2D eigenvalue weighted by Crippen LogP contribution is -2.16. The lowest BCUT2D eigenvalue weighted by molar-refractivity contribution is 0.117.